The van der Waals surface area contributed by atoms with Gasteiger partial charge in [0.1, 0.15) is 11.7 Å². The normalized spacial score (nSPS) is 26.9. The number of allylic oxidation sites excluding steroid dienone is 2. The summed E-state index contributed by atoms with van der Waals surface area (Å²) in [7, 11) is 0. The molecule has 5 nitrogen and oxygen atoms in total. The van der Waals surface area contributed by atoms with Crippen molar-refractivity contribution in [1.29, 1.82) is 0 Å². The summed E-state index contributed by atoms with van der Waals surface area (Å²) in [5, 5.41) is 0. The van der Waals surface area contributed by atoms with E-state index in [1.165, 1.54) is 6.08 Å². The van der Waals surface area contributed by atoms with Gasteiger partial charge in [-0.3, -0.25) is 14.4 Å². The molecule has 1 unspecified atom stereocenters. The lowest BCUT2D eigenvalue weighted by Crippen LogP contribution is -2.43. The van der Waals surface area contributed by atoms with Gasteiger partial charge in [-0.15, -0.1) is 0 Å². The maximum atomic E-state index is 11.3. The molecule has 0 radical (unpaired) electrons. The van der Waals surface area contributed by atoms with Gasteiger partial charge in [-0.25, -0.2) is 4.79 Å². The van der Waals surface area contributed by atoms with Crippen LogP contribution in [0.5, 0.6) is 0 Å². The van der Waals surface area contributed by atoms with E-state index in [2.05, 4.69) is 4.74 Å². The standard InChI is InChI=1S/C9H6O5/c10-4-2-1-3-5-6(4)7(11)8(12)9(13)14-5/h3,6H,1-2H2. The quantitative estimate of drug-likeness (QED) is 0.296. The molecule has 2 rings (SSSR count). The van der Waals surface area contributed by atoms with E-state index in [4.69, 9.17) is 0 Å². The number of ether oxygens (including phenoxy) is 1. The van der Waals surface area contributed by atoms with Crippen molar-refractivity contribution >= 4 is 23.3 Å². The van der Waals surface area contributed by atoms with Gasteiger partial charge in [-0.2, -0.15) is 0 Å². The molecule has 2 aliphatic rings. The summed E-state index contributed by atoms with van der Waals surface area (Å²) in [5.41, 5.74) is 0. The van der Waals surface area contributed by atoms with E-state index >= 15 is 0 Å². The van der Waals surface area contributed by atoms with Gasteiger partial charge < -0.3 is 4.74 Å². The van der Waals surface area contributed by atoms with Crippen molar-refractivity contribution in [3.05, 3.63) is 11.8 Å². The number of esters is 1. The largest absolute Gasteiger partial charge is 0.424 e. The number of hydrogen-bond acceptors (Lipinski definition) is 5. The molecular weight excluding hydrogens is 188 g/mol. The van der Waals surface area contributed by atoms with Crippen molar-refractivity contribution in [3.8, 4) is 0 Å². The van der Waals surface area contributed by atoms with Gasteiger partial charge in [-0.1, -0.05) is 0 Å². The molecule has 1 atom stereocenters. The highest BCUT2D eigenvalue weighted by molar-refractivity contribution is 6.65. The van der Waals surface area contributed by atoms with E-state index in [1.807, 2.05) is 0 Å². The van der Waals surface area contributed by atoms with Crippen LogP contribution in [-0.4, -0.2) is 23.3 Å². The first-order valence-corrected chi connectivity index (χ1v) is 4.14. The Hall–Kier alpha value is -1.78. The zero-order valence-corrected chi connectivity index (χ0v) is 7.11. The number of hydrogen-bond donors (Lipinski definition) is 0. The molecule has 1 heterocycles. The molecule has 0 saturated carbocycles. The summed E-state index contributed by atoms with van der Waals surface area (Å²) < 4.78 is 4.57. The maximum Gasteiger partial charge on any atom is 0.388 e. The lowest BCUT2D eigenvalue weighted by molar-refractivity contribution is -0.161. The van der Waals surface area contributed by atoms with E-state index in [1.54, 1.807) is 0 Å². The van der Waals surface area contributed by atoms with Crippen LogP contribution in [0.2, 0.25) is 0 Å². The van der Waals surface area contributed by atoms with Gasteiger partial charge in [0, 0.05) is 6.42 Å². The highest BCUT2D eigenvalue weighted by Gasteiger charge is 2.45. The van der Waals surface area contributed by atoms with Gasteiger partial charge in [0.2, 0.25) is 5.78 Å². The zero-order chi connectivity index (χ0) is 10.3. The fourth-order valence-corrected chi connectivity index (χ4v) is 1.54. The minimum Gasteiger partial charge on any atom is -0.424 e. The summed E-state index contributed by atoms with van der Waals surface area (Å²) >= 11 is 0. The molecule has 0 N–H and O–H groups in total. The highest BCUT2D eigenvalue weighted by Crippen LogP contribution is 2.27. The van der Waals surface area contributed by atoms with Crippen molar-refractivity contribution in [2.75, 3.05) is 0 Å². The highest BCUT2D eigenvalue weighted by atomic mass is 16.5. The summed E-state index contributed by atoms with van der Waals surface area (Å²) in [6, 6.07) is 0. The van der Waals surface area contributed by atoms with E-state index < -0.39 is 23.5 Å². The Morgan fingerprint density at radius 2 is 1.93 bits per heavy atom. The molecule has 5 heteroatoms. The average Bonchev–Trinajstić information content (AvgIpc) is 2.14. The third-order valence-corrected chi connectivity index (χ3v) is 2.22. The van der Waals surface area contributed by atoms with Crippen LogP contribution in [0.15, 0.2) is 11.8 Å². The van der Waals surface area contributed by atoms with E-state index in [-0.39, 0.29) is 18.0 Å². The van der Waals surface area contributed by atoms with Crippen molar-refractivity contribution < 1.29 is 23.9 Å². The van der Waals surface area contributed by atoms with Crippen molar-refractivity contribution in [2.24, 2.45) is 5.92 Å². The number of Topliss-reactive ketones (excluding diaryl/α,β-unsaturated/α-hetero) is 3. The van der Waals surface area contributed by atoms with Crippen LogP contribution in [0.1, 0.15) is 12.8 Å². The molecule has 0 aromatic carbocycles. The minimum absolute atomic E-state index is 0.0239. The number of rotatable bonds is 0. The van der Waals surface area contributed by atoms with Crippen LogP contribution in [0.3, 0.4) is 0 Å². The molecule has 1 fully saturated rings. The first kappa shape index (κ1) is 8.80. The molecule has 0 spiro atoms. The number of carbonyl (C=O) groups excluding carboxylic acids is 4. The summed E-state index contributed by atoms with van der Waals surface area (Å²) in [4.78, 5) is 44.3. The first-order chi connectivity index (χ1) is 6.61. The second-order valence-corrected chi connectivity index (χ2v) is 3.13. The number of fused-ring (bicyclic) bond motifs is 1. The maximum absolute atomic E-state index is 11.3. The molecule has 1 aliphatic heterocycles. The van der Waals surface area contributed by atoms with Gasteiger partial charge in [-0.05, 0) is 12.5 Å². The van der Waals surface area contributed by atoms with Crippen LogP contribution in [0.4, 0.5) is 0 Å². The van der Waals surface area contributed by atoms with Crippen molar-refractivity contribution in [3.63, 3.8) is 0 Å². The first-order valence-electron chi connectivity index (χ1n) is 4.14. The van der Waals surface area contributed by atoms with Crippen molar-refractivity contribution in [2.45, 2.75) is 12.8 Å². The Labute approximate surface area is 78.7 Å². The minimum atomic E-state index is -1.23. The Morgan fingerprint density at radius 3 is 2.64 bits per heavy atom. The van der Waals surface area contributed by atoms with E-state index in [0.717, 1.165) is 0 Å². The van der Waals surface area contributed by atoms with Crippen molar-refractivity contribution in [1.82, 2.24) is 0 Å². The van der Waals surface area contributed by atoms with Gasteiger partial charge in [0.05, 0.1) is 0 Å². The van der Waals surface area contributed by atoms with Gasteiger partial charge >= 0.3 is 11.8 Å². The molecule has 0 amide bonds. The third-order valence-electron chi connectivity index (χ3n) is 2.22. The predicted octanol–water partition coefficient (Wildman–Crippen LogP) is -0.456. The van der Waals surface area contributed by atoms with E-state index in [0.29, 0.717) is 6.42 Å². The lowest BCUT2D eigenvalue weighted by atomic mass is 9.85. The Morgan fingerprint density at radius 1 is 1.21 bits per heavy atom. The molecule has 0 aromatic heterocycles. The zero-order valence-electron chi connectivity index (χ0n) is 7.11. The molecule has 14 heavy (non-hydrogen) atoms. The third kappa shape index (κ3) is 1.09. The smallest absolute Gasteiger partial charge is 0.388 e. The molecule has 1 aliphatic carbocycles. The molecule has 0 aromatic rings. The Kier molecular flexibility index (Phi) is 1.80. The summed E-state index contributed by atoms with van der Waals surface area (Å²) in [5.74, 6) is -4.87. The summed E-state index contributed by atoms with van der Waals surface area (Å²) in [6.45, 7) is 0. The molecular formula is C9H6O5. The second kappa shape index (κ2) is 2.87. The Balaban J connectivity index is 2.43. The van der Waals surface area contributed by atoms with Gasteiger partial charge in [0.15, 0.2) is 5.78 Å². The number of carbonyl (C=O) groups is 4. The average molecular weight is 194 g/mol. The van der Waals surface area contributed by atoms with Gasteiger partial charge in [0.25, 0.3) is 0 Å². The van der Waals surface area contributed by atoms with Crippen LogP contribution < -0.4 is 0 Å². The molecule has 72 valence electrons. The van der Waals surface area contributed by atoms with Crippen LogP contribution in [-0.2, 0) is 23.9 Å². The second-order valence-electron chi connectivity index (χ2n) is 3.13. The van der Waals surface area contributed by atoms with Crippen LogP contribution >= 0.6 is 0 Å². The number of ketones is 3. The predicted molar refractivity (Wildman–Crippen MR) is 41.9 cm³/mol. The summed E-state index contributed by atoms with van der Waals surface area (Å²) in [6.07, 6.45) is 2.17. The molecule has 1 saturated heterocycles. The van der Waals surface area contributed by atoms with E-state index in [9.17, 15) is 19.2 Å². The Bertz CT molecular complexity index is 390. The topological polar surface area (TPSA) is 77.5 Å². The van der Waals surface area contributed by atoms with Crippen LogP contribution in [0.25, 0.3) is 0 Å². The monoisotopic (exact) mass is 194 g/mol. The SMILES string of the molecule is O=C1OC2=CCCC(=O)C2C(=O)C1=O. The lowest BCUT2D eigenvalue weighted by Gasteiger charge is -2.23. The fourth-order valence-electron chi connectivity index (χ4n) is 1.54. The fraction of sp³-hybridized carbons (Fsp3) is 0.333. The van der Waals surface area contributed by atoms with Crippen LogP contribution in [0, 0.1) is 5.92 Å². The molecule has 0 bridgehead atoms.